The lowest BCUT2D eigenvalue weighted by Crippen LogP contribution is -2.27. The van der Waals surface area contributed by atoms with Gasteiger partial charge in [0.05, 0.1) is 6.54 Å². The molecule has 1 saturated heterocycles. The molecule has 1 aromatic rings. The van der Waals surface area contributed by atoms with Crippen molar-refractivity contribution in [2.75, 3.05) is 11.5 Å². The molecule has 1 aliphatic rings. The Morgan fingerprint density at radius 2 is 2.54 bits per heavy atom. The first kappa shape index (κ1) is 9.62. The van der Waals surface area contributed by atoms with Gasteiger partial charge in [-0.05, 0) is 40.2 Å². The Hall–Kier alpha value is 0.0700. The molecule has 2 heterocycles. The first-order valence-corrected chi connectivity index (χ1v) is 6.35. The Bertz CT molecular complexity index is 270. The van der Waals surface area contributed by atoms with E-state index in [1.807, 2.05) is 23.9 Å². The van der Waals surface area contributed by atoms with Gasteiger partial charge in [-0.3, -0.25) is 0 Å². The molecule has 1 N–H and O–H groups in total. The van der Waals surface area contributed by atoms with E-state index in [1.165, 1.54) is 17.9 Å². The first-order valence-electron chi connectivity index (χ1n) is 4.40. The quantitative estimate of drug-likeness (QED) is 0.906. The second-order valence-corrected chi connectivity index (χ2v) is 5.08. The van der Waals surface area contributed by atoms with Crippen LogP contribution in [-0.4, -0.2) is 17.5 Å². The first-order chi connectivity index (χ1) is 6.34. The lowest BCUT2D eigenvalue weighted by atomic mass is 10.2. The summed E-state index contributed by atoms with van der Waals surface area (Å²) in [6, 6.07) is 4.61. The Morgan fingerprint density at radius 1 is 1.62 bits per heavy atom. The van der Waals surface area contributed by atoms with E-state index >= 15 is 0 Å². The van der Waals surface area contributed by atoms with E-state index in [9.17, 15) is 0 Å². The summed E-state index contributed by atoms with van der Waals surface area (Å²) < 4.78 is 6.20. The SMILES string of the molecule is Brc1ccc(CN[C@H]2CCSC2)o1. The van der Waals surface area contributed by atoms with Gasteiger partial charge >= 0.3 is 0 Å². The summed E-state index contributed by atoms with van der Waals surface area (Å²) in [5.41, 5.74) is 0. The molecule has 2 nitrogen and oxygen atoms in total. The minimum atomic E-state index is 0.675. The van der Waals surface area contributed by atoms with Gasteiger partial charge in [-0.15, -0.1) is 0 Å². The van der Waals surface area contributed by atoms with Gasteiger partial charge in [0, 0.05) is 11.8 Å². The minimum Gasteiger partial charge on any atom is -0.453 e. The summed E-state index contributed by atoms with van der Waals surface area (Å²) >= 11 is 5.31. The Morgan fingerprint density at radius 3 is 3.15 bits per heavy atom. The number of halogens is 1. The van der Waals surface area contributed by atoms with Crippen molar-refractivity contribution in [2.24, 2.45) is 0 Å². The molecule has 1 aliphatic heterocycles. The highest BCUT2D eigenvalue weighted by molar-refractivity contribution is 9.10. The monoisotopic (exact) mass is 261 g/mol. The van der Waals surface area contributed by atoms with Gasteiger partial charge in [-0.1, -0.05) is 0 Å². The molecule has 0 radical (unpaired) electrons. The van der Waals surface area contributed by atoms with Crippen molar-refractivity contribution >= 4 is 27.7 Å². The van der Waals surface area contributed by atoms with Crippen LogP contribution in [0.4, 0.5) is 0 Å². The van der Waals surface area contributed by atoms with E-state index in [1.54, 1.807) is 0 Å². The number of rotatable bonds is 3. The molecule has 0 aliphatic carbocycles. The predicted molar refractivity (Wildman–Crippen MR) is 59.0 cm³/mol. The van der Waals surface area contributed by atoms with E-state index in [4.69, 9.17) is 4.42 Å². The average Bonchev–Trinajstić information content (AvgIpc) is 2.71. The van der Waals surface area contributed by atoms with Crippen molar-refractivity contribution in [1.82, 2.24) is 5.32 Å². The van der Waals surface area contributed by atoms with Crippen molar-refractivity contribution in [3.8, 4) is 0 Å². The average molecular weight is 262 g/mol. The number of nitrogens with one attached hydrogen (secondary N) is 1. The number of furan rings is 1. The van der Waals surface area contributed by atoms with E-state index in [-0.39, 0.29) is 0 Å². The lowest BCUT2D eigenvalue weighted by molar-refractivity contribution is 0.444. The van der Waals surface area contributed by atoms with Crippen molar-refractivity contribution < 1.29 is 4.42 Å². The van der Waals surface area contributed by atoms with Crippen LogP contribution in [-0.2, 0) is 6.54 Å². The molecule has 0 aromatic carbocycles. The zero-order valence-corrected chi connectivity index (χ0v) is 9.66. The Balaban J connectivity index is 1.78. The van der Waals surface area contributed by atoms with Crippen LogP contribution in [0.3, 0.4) is 0 Å². The second-order valence-electron chi connectivity index (χ2n) is 3.15. The highest BCUT2D eigenvalue weighted by Gasteiger charge is 2.14. The summed E-state index contributed by atoms with van der Waals surface area (Å²) in [5.74, 6) is 3.53. The number of thioether (sulfide) groups is 1. The molecule has 72 valence electrons. The molecule has 0 bridgehead atoms. The number of hydrogen-bond acceptors (Lipinski definition) is 3. The molecule has 1 atom stereocenters. The van der Waals surface area contributed by atoms with Gasteiger partial charge in [0.25, 0.3) is 0 Å². The van der Waals surface area contributed by atoms with Crippen LogP contribution in [0.25, 0.3) is 0 Å². The van der Waals surface area contributed by atoms with Gasteiger partial charge < -0.3 is 9.73 Å². The third-order valence-corrected chi connectivity index (χ3v) is 3.71. The third-order valence-electron chi connectivity index (χ3n) is 2.12. The molecular weight excluding hydrogens is 250 g/mol. The van der Waals surface area contributed by atoms with Crippen molar-refractivity contribution in [1.29, 1.82) is 0 Å². The highest BCUT2D eigenvalue weighted by atomic mass is 79.9. The van der Waals surface area contributed by atoms with Gasteiger partial charge in [-0.2, -0.15) is 11.8 Å². The fourth-order valence-electron chi connectivity index (χ4n) is 1.39. The van der Waals surface area contributed by atoms with Crippen LogP contribution < -0.4 is 5.32 Å². The smallest absolute Gasteiger partial charge is 0.169 e. The van der Waals surface area contributed by atoms with Crippen LogP contribution in [0.2, 0.25) is 0 Å². The van der Waals surface area contributed by atoms with E-state index in [0.29, 0.717) is 6.04 Å². The summed E-state index contributed by atoms with van der Waals surface area (Å²) in [4.78, 5) is 0. The van der Waals surface area contributed by atoms with Crippen LogP contribution >= 0.6 is 27.7 Å². The van der Waals surface area contributed by atoms with Gasteiger partial charge in [-0.25, -0.2) is 0 Å². The second kappa shape index (κ2) is 4.53. The standard InChI is InChI=1S/C9H12BrNOS/c10-9-2-1-8(12-9)5-11-7-3-4-13-6-7/h1-2,7,11H,3-6H2/t7-/m0/s1. The van der Waals surface area contributed by atoms with Gasteiger partial charge in [0.1, 0.15) is 5.76 Å². The van der Waals surface area contributed by atoms with Gasteiger partial charge in [0.15, 0.2) is 4.67 Å². The van der Waals surface area contributed by atoms with Crippen molar-refractivity contribution in [3.63, 3.8) is 0 Å². The lowest BCUT2D eigenvalue weighted by Gasteiger charge is -2.08. The fraction of sp³-hybridized carbons (Fsp3) is 0.556. The van der Waals surface area contributed by atoms with Crippen LogP contribution in [0, 0.1) is 0 Å². The topological polar surface area (TPSA) is 25.2 Å². The van der Waals surface area contributed by atoms with E-state index in [0.717, 1.165) is 17.0 Å². The van der Waals surface area contributed by atoms with Crippen LogP contribution in [0.15, 0.2) is 21.2 Å². The summed E-state index contributed by atoms with van der Waals surface area (Å²) in [5, 5.41) is 3.48. The highest BCUT2D eigenvalue weighted by Crippen LogP contribution is 2.18. The molecular formula is C9H12BrNOS. The Kier molecular flexibility index (Phi) is 3.35. The predicted octanol–water partition coefficient (Wildman–Crippen LogP) is 2.64. The molecule has 2 rings (SSSR count). The zero-order valence-electron chi connectivity index (χ0n) is 7.25. The van der Waals surface area contributed by atoms with Crippen molar-refractivity contribution in [2.45, 2.75) is 19.0 Å². The largest absolute Gasteiger partial charge is 0.453 e. The number of hydrogen-bond donors (Lipinski definition) is 1. The van der Waals surface area contributed by atoms with Crippen LogP contribution in [0.5, 0.6) is 0 Å². The molecule has 0 unspecified atom stereocenters. The molecule has 0 amide bonds. The molecule has 13 heavy (non-hydrogen) atoms. The minimum absolute atomic E-state index is 0.675. The summed E-state index contributed by atoms with van der Waals surface area (Å²) in [6.07, 6.45) is 1.28. The third kappa shape index (κ3) is 2.76. The van der Waals surface area contributed by atoms with E-state index in [2.05, 4.69) is 21.2 Å². The van der Waals surface area contributed by atoms with E-state index < -0.39 is 0 Å². The summed E-state index contributed by atoms with van der Waals surface area (Å²) in [7, 11) is 0. The normalized spacial score (nSPS) is 22.4. The zero-order chi connectivity index (χ0) is 9.10. The maximum absolute atomic E-state index is 5.39. The molecule has 4 heteroatoms. The van der Waals surface area contributed by atoms with Crippen LogP contribution in [0.1, 0.15) is 12.2 Å². The summed E-state index contributed by atoms with van der Waals surface area (Å²) in [6.45, 7) is 0.844. The molecule has 0 spiro atoms. The fourth-order valence-corrected chi connectivity index (χ4v) is 2.91. The maximum atomic E-state index is 5.39. The maximum Gasteiger partial charge on any atom is 0.169 e. The molecule has 0 saturated carbocycles. The van der Waals surface area contributed by atoms with Crippen molar-refractivity contribution in [3.05, 3.63) is 22.6 Å². The molecule has 1 fully saturated rings. The Labute approximate surface area is 90.6 Å². The molecule has 1 aromatic heterocycles. The van der Waals surface area contributed by atoms with Gasteiger partial charge in [0.2, 0.25) is 0 Å².